The van der Waals surface area contributed by atoms with Crippen LogP contribution >= 0.6 is 0 Å². The lowest BCUT2D eigenvalue weighted by molar-refractivity contribution is 0.199. The van der Waals surface area contributed by atoms with Crippen LogP contribution in [0.3, 0.4) is 0 Å². The van der Waals surface area contributed by atoms with E-state index in [0.29, 0.717) is 41.9 Å². The Labute approximate surface area is 224 Å². The Morgan fingerprint density at radius 2 is 1.19 bits per heavy atom. The summed E-state index contributed by atoms with van der Waals surface area (Å²) in [5, 5.41) is 0. The van der Waals surface area contributed by atoms with E-state index in [9.17, 15) is 0 Å². The molecule has 210 valence electrons. The van der Waals surface area contributed by atoms with Crippen molar-refractivity contribution >= 4 is 17.5 Å². The molecule has 0 aromatic carbocycles. The summed E-state index contributed by atoms with van der Waals surface area (Å²) in [7, 11) is 0. The molecule has 0 bridgehead atoms. The average molecular weight is 505 g/mol. The van der Waals surface area contributed by atoms with E-state index >= 15 is 0 Å². The van der Waals surface area contributed by atoms with Crippen LogP contribution < -0.4 is 0 Å². The fraction of sp³-hybridized carbons (Fsp3) is 0.900. The Morgan fingerprint density at radius 3 is 1.53 bits per heavy atom. The van der Waals surface area contributed by atoms with Crippen molar-refractivity contribution in [2.45, 2.75) is 134 Å². The predicted molar refractivity (Wildman–Crippen MR) is 161 cm³/mol. The maximum Gasteiger partial charge on any atom is 0.102 e. The molecule has 0 radical (unpaired) electrons. The Kier molecular flexibility index (Phi) is 12.4. The molecule has 0 aromatic rings. The van der Waals surface area contributed by atoms with Crippen molar-refractivity contribution in [2.24, 2.45) is 32.7 Å². The maximum atomic E-state index is 4.63. The van der Waals surface area contributed by atoms with Crippen molar-refractivity contribution in [2.75, 3.05) is 26.2 Å². The van der Waals surface area contributed by atoms with Crippen LogP contribution in [-0.4, -0.2) is 88.1 Å². The van der Waals surface area contributed by atoms with Crippen molar-refractivity contribution in [3.63, 3.8) is 0 Å². The van der Waals surface area contributed by atoms with E-state index in [2.05, 4.69) is 134 Å². The van der Waals surface area contributed by atoms with Gasteiger partial charge >= 0.3 is 0 Å². The molecule has 0 aliphatic carbocycles. The van der Waals surface area contributed by atoms with Gasteiger partial charge in [-0.25, -0.2) is 0 Å². The SMILES string of the molecule is CC(C)C1=NCC(C)(C)N1C(C)C.CC(C)C1=NCC(C)N1C(C)C.CC(C)C1=NCCN1C(C)C. The van der Waals surface area contributed by atoms with Crippen LogP contribution in [0.2, 0.25) is 0 Å². The highest BCUT2D eigenvalue weighted by Gasteiger charge is 2.37. The van der Waals surface area contributed by atoms with Gasteiger partial charge in [-0.2, -0.15) is 0 Å². The maximum absolute atomic E-state index is 4.63. The Morgan fingerprint density at radius 1 is 0.667 bits per heavy atom. The van der Waals surface area contributed by atoms with Crippen LogP contribution in [0.4, 0.5) is 0 Å². The number of hydrogen-bond donors (Lipinski definition) is 0. The first-order valence-corrected chi connectivity index (χ1v) is 14.5. The number of amidine groups is 3. The lowest BCUT2D eigenvalue weighted by Crippen LogP contribution is -2.49. The van der Waals surface area contributed by atoms with Gasteiger partial charge in [-0.1, -0.05) is 41.5 Å². The third kappa shape index (κ3) is 8.48. The highest BCUT2D eigenvalue weighted by Crippen LogP contribution is 2.27. The molecular formula is C30H60N6. The minimum absolute atomic E-state index is 0.216. The van der Waals surface area contributed by atoms with Crippen molar-refractivity contribution in [1.29, 1.82) is 0 Å². The van der Waals surface area contributed by atoms with Crippen LogP contribution in [0.25, 0.3) is 0 Å². The normalized spacial score (nSPS) is 21.4. The van der Waals surface area contributed by atoms with E-state index in [0.717, 1.165) is 26.2 Å². The number of rotatable bonds is 6. The highest BCUT2D eigenvalue weighted by atomic mass is 15.3. The summed E-state index contributed by atoms with van der Waals surface area (Å²) in [5.74, 6) is 5.55. The van der Waals surface area contributed by atoms with Crippen LogP contribution in [0.1, 0.15) is 104 Å². The molecule has 0 amide bonds. The first kappa shape index (κ1) is 32.4. The monoisotopic (exact) mass is 504 g/mol. The molecule has 1 unspecified atom stereocenters. The second-order valence-corrected chi connectivity index (χ2v) is 13.0. The quantitative estimate of drug-likeness (QED) is 0.417. The third-order valence-electron chi connectivity index (χ3n) is 6.94. The molecule has 0 saturated heterocycles. The standard InChI is InChI=1S/C11H22N2.C10H20N2.C9H18N2/c1-8(2)10-12-7-11(5,6)13(10)9(3)4;1-7(2)10-11-6-9(5)12(10)8(3)4;1-7(2)9-10-5-6-11(9)8(3)4/h8-9H,7H2,1-6H3;7-9H,6H2,1-5H3;7-8H,5-6H2,1-4H3. The highest BCUT2D eigenvalue weighted by molar-refractivity contribution is 5.87. The van der Waals surface area contributed by atoms with Gasteiger partial charge in [0.05, 0.1) is 25.2 Å². The molecule has 3 aliphatic rings. The molecule has 0 spiro atoms. The zero-order chi connectivity index (χ0) is 28.0. The van der Waals surface area contributed by atoms with Crippen molar-refractivity contribution in [3.8, 4) is 0 Å². The van der Waals surface area contributed by atoms with Crippen molar-refractivity contribution in [3.05, 3.63) is 0 Å². The van der Waals surface area contributed by atoms with Gasteiger partial charge in [0.25, 0.3) is 0 Å². The summed E-state index contributed by atoms with van der Waals surface area (Å²) in [4.78, 5) is 21.0. The molecule has 0 aromatic heterocycles. The Bertz CT molecular complexity index is 757. The van der Waals surface area contributed by atoms with E-state index in [1.807, 2.05) is 0 Å². The molecule has 6 heteroatoms. The lowest BCUT2D eigenvalue weighted by Gasteiger charge is -2.38. The molecule has 1 atom stereocenters. The van der Waals surface area contributed by atoms with Gasteiger partial charge in [0.15, 0.2) is 0 Å². The fourth-order valence-electron chi connectivity index (χ4n) is 5.55. The van der Waals surface area contributed by atoms with Crippen molar-refractivity contribution < 1.29 is 0 Å². The summed E-state index contributed by atoms with van der Waals surface area (Å²) in [6, 6.07) is 2.35. The molecule has 36 heavy (non-hydrogen) atoms. The van der Waals surface area contributed by atoms with Gasteiger partial charge in [0.2, 0.25) is 0 Å². The van der Waals surface area contributed by atoms with Crippen LogP contribution in [0, 0.1) is 17.8 Å². The zero-order valence-electron chi connectivity index (χ0n) is 26.6. The largest absolute Gasteiger partial charge is 0.356 e. The second kappa shape index (κ2) is 13.8. The average Bonchev–Trinajstić information content (AvgIpc) is 3.44. The molecule has 0 saturated carbocycles. The predicted octanol–water partition coefficient (Wildman–Crippen LogP) is 6.46. The molecule has 6 nitrogen and oxygen atoms in total. The zero-order valence-corrected chi connectivity index (χ0v) is 26.6. The van der Waals surface area contributed by atoms with Gasteiger partial charge < -0.3 is 14.7 Å². The van der Waals surface area contributed by atoms with Crippen molar-refractivity contribution in [1.82, 2.24) is 14.7 Å². The summed E-state index contributed by atoms with van der Waals surface area (Å²) in [6.45, 7) is 37.5. The minimum atomic E-state index is 0.216. The number of hydrogen-bond acceptors (Lipinski definition) is 6. The van der Waals surface area contributed by atoms with Crippen LogP contribution in [0.5, 0.6) is 0 Å². The summed E-state index contributed by atoms with van der Waals surface area (Å²) >= 11 is 0. The Hall–Kier alpha value is -1.59. The lowest BCUT2D eigenvalue weighted by atomic mass is 10.0. The topological polar surface area (TPSA) is 46.8 Å². The molecule has 3 rings (SSSR count). The minimum Gasteiger partial charge on any atom is -0.356 e. The molecule has 0 fully saturated rings. The van der Waals surface area contributed by atoms with E-state index in [1.54, 1.807) is 0 Å². The first-order valence-electron chi connectivity index (χ1n) is 14.5. The number of aliphatic imine (C=N–C) groups is 3. The smallest absolute Gasteiger partial charge is 0.102 e. The van der Waals surface area contributed by atoms with Gasteiger partial charge in [-0.05, 0) is 62.3 Å². The fourth-order valence-corrected chi connectivity index (χ4v) is 5.55. The van der Waals surface area contributed by atoms with Gasteiger partial charge in [0, 0.05) is 48.5 Å². The van der Waals surface area contributed by atoms with E-state index in [1.165, 1.54) is 17.5 Å². The van der Waals surface area contributed by atoms with Gasteiger partial charge in [-0.3, -0.25) is 15.0 Å². The molecule has 3 heterocycles. The van der Waals surface area contributed by atoms with Crippen LogP contribution in [-0.2, 0) is 0 Å². The van der Waals surface area contributed by atoms with Crippen LogP contribution in [0.15, 0.2) is 15.0 Å². The number of nitrogens with zero attached hydrogens (tertiary/aromatic N) is 6. The summed E-state index contributed by atoms with van der Waals surface area (Å²) in [5.41, 5.74) is 0.216. The molecule has 3 aliphatic heterocycles. The van der Waals surface area contributed by atoms with E-state index in [-0.39, 0.29) is 5.54 Å². The molecular weight excluding hydrogens is 444 g/mol. The van der Waals surface area contributed by atoms with Gasteiger partial charge in [0.1, 0.15) is 17.5 Å². The third-order valence-corrected chi connectivity index (χ3v) is 6.94. The van der Waals surface area contributed by atoms with E-state index in [4.69, 9.17) is 0 Å². The summed E-state index contributed by atoms with van der Waals surface area (Å²) < 4.78 is 0. The second-order valence-electron chi connectivity index (χ2n) is 13.0. The van der Waals surface area contributed by atoms with Gasteiger partial charge in [-0.15, -0.1) is 0 Å². The molecule has 0 N–H and O–H groups in total. The Balaban J connectivity index is 0.000000271. The summed E-state index contributed by atoms with van der Waals surface area (Å²) in [6.07, 6.45) is 0. The first-order chi connectivity index (χ1) is 16.5. The van der Waals surface area contributed by atoms with E-state index < -0.39 is 0 Å².